The molecule has 0 amide bonds. The lowest BCUT2D eigenvalue weighted by Crippen LogP contribution is -2.20. The van der Waals surface area contributed by atoms with Crippen LogP contribution in [0.25, 0.3) is 0 Å². The van der Waals surface area contributed by atoms with E-state index in [1.807, 2.05) is 0 Å². The molecule has 0 atom stereocenters. The van der Waals surface area contributed by atoms with Gasteiger partial charge in [0, 0.05) is 12.2 Å². The second kappa shape index (κ2) is 6.39. The maximum Gasteiger partial charge on any atom is 0.242 e. The van der Waals surface area contributed by atoms with Crippen molar-refractivity contribution in [3.8, 4) is 0 Å². The van der Waals surface area contributed by atoms with E-state index >= 15 is 0 Å². The molecule has 0 fully saturated rings. The molecule has 0 spiro atoms. The van der Waals surface area contributed by atoms with Crippen LogP contribution >= 0.6 is 0 Å². The zero-order chi connectivity index (χ0) is 15.4. The number of nitrogens with two attached hydrogens (primary N) is 2. The number of rotatable bonds is 7. The third-order valence-electron chi connectivity index (χ3n) is 2.50. The SMILES string of the molecule is CNS(=O)(=O)c1ccc(NCCCS(N)(=O)=O)cc1N. The second-order valence-corrected chi connectivity index (χ2v) is 7.70. The largest absolute Gasteiger partial charge is 0.398 e. The van der Waals surface area contributed by atoms with Gasteiger partial charge in [0.25, 0.3) is 0 Å². The fourth-order valence-electron chi connectivity index (χ4n) is 1.52. The van der Waals surface area contributed by atoms with Crippen LogP contribution in [0.1, 0.15) is 6.42 Å². The van der Waals surface area contributed by atoms with Gasteiger partial charge in [-0.25, -0.2) is 26.7 Å². The van der Waals surface area contributed by atoms with E-state index in [1.54, 1.807) is 6.07 Å². The number of sulfonamides is 2. The maximum atomic E-state index is 11.6. The van der Waals surface area contributed by atoms with Crippen LogP contribution in [0.5, 0.6) is 0 Å². The molecule has 0 heterocycles. The van der Waals surface area contributed by atoms with Gasteiger partial charge in [0.15, 0.2) is 0 Å². The maximum absolute atomic E-state index is 11.6. The van der Waals surface area contributed by atoms with Gasteiger partial charge in [-0.15, -0.1) is 0 Å². The Bertz CT molecular complexity index is 670. The fourth-order valence-corrected chi connectivity index (χ4v) is 2.90. The minimum absolute atomic E-state index is 0.00455. The molecule has 0 saturated heterocycles. The first-order chi connectivity index (χ1) is 9.15. The predicted molar refractivity (Wildman–Crippen MR) is 78.2 cm³/mol. The summed E-state index contributed by atoms with van der Waals surface area (Å²) in [6.45, 7) is 0.383. The third kappa shape index (κ3) is 4.96. The zero-order valence-electron chi connectivity index (χ0n) is 11.0. The van der Waals surface area contributed by atoms with Crippen molar-refractivity contribution in [1.82, 2.24) is 4.72 Å². The van der Waals surface area contributed by atoms with E-state index in [9.17, 15) is 16.8 Å². The monoisotopic (exact) mass is 322 g/mol. The van der Waals surface area contributed by atoms with Crippen molar-refractivity contribution in [2.75, 3.05) is 30.4 Å². The second-order valence-electron chi connectivity index (χ2n) is 4.11. The molecule has 0 bridgehead atoms. The summed E-state index contributed by atoms with van der Waals surface area (Å²) in [7, 11) is -5.76. The third-order valence-corrected chi connectivity index (χ3v) is 4.85. The molecular formula is C10H18N4O4S2. The van der Waals surface area contributed by atoms with Crippen molar-refractivity contribution >= 4 is 31.4 Å². The summed E-state index contributed by atoms with van der Waals surface area (Å²) >= 11 is 0. The van der Waals surface area contributed by atoms with Crippen molar-refractivity contribution < 1.29 is 16.8 Å². The molecule has 8 nitrogen and oxygen atoms in total. The first kappa shape index (κ1) is 16.7. The number of nitrogens with one attached hydrogen (secondary N) is 2. The van der Waals surface area contributed by atoms with Crippen LogP contribution in [0, 0.1) is 0 Å². The van der Waals surface area contributed by atoms with Crippen LogP contribution in [-0.4, -0.2) is 36.2 Å². The van der Waals surface area contributed by atoms with Gasteiger partial charge in [-0.05, 0) is 31.7 Å². The van der Waals surface area contributed by atoms with Crippen molar-refractivity contribution in [3.05, 3.63) is 18.2 Å². The van der Waals surface area contributed by atoms with E-state index in [-0.39, 0.29) is 16.3 Å². The van der Waals surface area contributed by atoms with Crippen LogP contribution in [0.3, 0.4) is 0 Å². The van der Waals surface area contributed by atoms with E-state index in [0.29, 0.717) is 18.7 Å². The Hall–Kier alpha value is -1.36. The molecule has 0 aliphatic carbocycles. The molecule has 1 rings (SSSR count). The number of anilines is 2. The summed E-state index contributed by atoms with van der Waals surface area (Å²) in [6, 6.07) is 4.40. The highest BCUT2D eigenvalue weighted by atomic mass is 32.2. The van der Waals surface area contributed by atoms with Crippen LogP contribution < -0.4 is 20.9 Å². The van der Waals surface area contributed by atoms with Crippen molar-refractivity contribution in [3.63, 3.8) is 0 Å². The minimum atomic E-state index is -3.59. The molecule has 0 aliphatic heterocycles. The number of hydrogen-bond acceptors (Lipinski definition) is 6. The summed E-state index contributed by atoms with van der Waals surface area (Å²) in [4.78, 5) is -0.00455. The van der Waals surface area contributed by atoms with Gasteiger partial charge < -0.3 is 11.1 Å². The fraction of sp³-hybridized carbons (Fsp3) is 0.400. The van der Waals surface area contributed by atoms with Gasteiger partial charge in [-0.3, -0.25) is 0 Å². The smallest absolute Gasteiger partial charge is 0.242 e. The number of primary sulfonamides is 1. The first-order valence-corrected chi connectivity index (χ1v) is 8.93. The van der Waals surface area contributed by atoms with E-state index in [2.05, 4.69) is 10.0 Å². The highest BCUT2D eigenvalue weighted by molar-refractivity contribution is 7.89. The Morgan fingerprint density at radius 3 is 2.35 bits per heavy atom. The van der Waals surface area contributed by atoms with Gasteiger partial charge in [0.1, 0.15) is 4.90 Å². The molecule has 0 aliphatic rings. The van der Waals surface area contributed by atoms with Crippen LogP contribution in [-0.2, 0) is 20.0 Å². The lowest BCUT2D eigenvalue weighted by atomic mass is 10.3. The summed E-state index contributed by atoms with van der Waals surface area (Å²) in [5.41, 5.74) is 6.39. The Morgan fingerprint density at radius 1 is 1.20 bits per heavy atom. The number of hydrogen-bond donors (Lipinski definition) is 4. The van der Waals surface area contributed by atoms with Crippen molar-refractivity contribution in [2.24, 2.45) is 5.14 Å². The summed E-state index contributed by atoms with van der Waals surface area (Å²) in [5, 5.41) is 7.81. The van der Waals surface area contributed by atoms with E-state index in [4.69, 9.17) is 10.9 Å². The molecule has 0 unspecified atom stereocenters. The predicted octanol–water partition coefficient (Wildman–Crippen LogP) is -0.733. The number of benzene rings is 1. The highest BCUT2D eigenvalue weighted by Gasteiger charge is 2.15. The lowest BCUT2D eigenvalue weighted by Gasteiger charge is -2.10. The van der Waals surface area contributed by atoms with Gasteiger partial charge in [-0.2, -0.15) is 0 Å². The van der Waals surface area contributed by atoms with Crippen molar-refractivity contribution in [2.45, 2.75) is 11.3 Å². The normalized spacial score (nSPS) is 12.3. The molecular weight excluding hydrogens is 304 g/mol. The standard InChI is InChI=1S/C10H18N4O4S2/c1-13-20(17,18)10-4-3-8(7-9(10)11)14-5-2-6-19(12,15)16/h3-4,7,13-14H,2,5-6,11H2,1H3,(H2,12,15,16). The molecule has 1 aromatic carbocycles. The van der Waals surface area contributed by atoms with Crippen LogP contribution in [0.4, 0.5) is 11.4 Å². The van der Waals surface area contributed by atoms with E-state index in [0.717, 1.165) is 0 Å². The van der Waals surface area contributed by atoms with E-state index < -0.39 is 20.0 Å². The average Bonchev–Trinajstić information content (AvgIpc) is 2.33. The summed E-state index contributed by atoms with van der Waals surface area (Å²) < 4.78 is 46.9. The van der Waals surface area contributed by atoms with Gasteiger partial charge in [0.05, 0.1) is 11.4 Å². The molecule has 20 heavy (non-hydrogen) atoms. The van der Waals surface area contributed by atoms with E-state index in [1.165, 1.54) is 19.2 Å². The Kier molecular flexibility index (Phi) is 5.34. The van der Waals surface area contributed by atoms with Crippen LogP contribution in [0.15, 0.2) is 23.1 Å². The first-order valence-electron chi connectivity index (χ1n) is 5.73. The molecule has 1 aromatic rings. The number of nitrogen functional groups attached to an aromatic ring is 1. The van der Waals surface area contributed by atoms with Crippen molar-refractivity contribution in [1.29, 1.82) is 0 Å². The zero-order valence-corrected chi connectivity index (χ0v) is 12.6. The lowest BCUT2D eigenvalue weighted by molar-refractivity contribution is 0.588. The Labute approximate surface area is 118 Å². The molecule has 0 aromatic heterocycles. The topological polar surface area (TPSA) is 144 Å². The Morgan fingerprint density at radius 2 is 1.85 bits per heavy atom. The molecule has 0 radical (unpaired) electrons. The molecule has 114 valence electrons. The summed E-state index contributed by atoms with van der Waals surface area (Å²) in [6.07, 6.45) is 0.343. The molecule has 0 saturated carbocycles. The minimum Gasteiger partial charge on any atom is -0.398 e. The summed E-state index contributed by atoms with van der Waals surface area (Å²) in [5.74, 6) is -0.123. The quantitative estimate of drug-likeness (QED) is 0.384. The van der Waals surface area contributed by atoms with Gasteiger partial charge in [-0.1, -0.05) is 0 Å². The van der Waals surface area contributed by atoms with Gasteiger partial charge >= 0.3 is 0 Å². The van der Waals surface area contributed by atoms with Gasteiger partial charge in [0.2, 0.25) is 20.0 Å². The average molecular weight is 322 g/mol. The van der Waals surface area contributed by atoms with Crippen LogP contribution in [0.2, 0.25) is 0 Å². The highest BCUT2D eigenvalue weighted by Crippen LogP contribution is 2.22. The molecule has 6 N–H and O–H groups in total. The molecule has 10 heteroatoms. The Balaban J connectivity index is 2.69.